The number of rotatable bonds is 5. The molecule has 0 aromatic heterocycles. The molecule has 0 radical (unpaired) electrons. The Hall–Kier alpha value is -2.01. The third kappa shape index (κ3) is 3.42. The second-order valence-electron chi connectivity index (χ2n) is 5.26. The van der Waals surface area contributed by atoms with E-state index < -0.39 is 10.0 Å². The number of sulfonamides is 1. The Bertz CT molecular complexity index is 759. The van der Waals surface area contributed by atoms with Crippen LogP contribution in [0.15, 0.2) is 41.3 Å². The van der Waals surface area contributed by atoms with Crippen LogP contribution in [-0.2, 0) is 10.0 Å². The van der Waals surface area contributed by atoms with Crippen molar-refractivity contribution in [2.45, 2.75) is 32.6 Å². The highest BCUT2D eigenvalue weighted by Crippen LogP contribution is 2.29. The average molecular weight is 319 g/mol. The minimum Gasteiger partial charge on any atom is -0.492 e. The molecule has 2 aromatic carbocycles. The van der Waals surface area contributed by atoms with Gasteiger partial charge in [-0.3, -0.25) is 4.72 Å². The molecule has 0 unspecified atom stereocenters. The number of para-hydroxylation sites is 2. The summed E-state index contributed by atoms with van der Waals surface area (Å²) in [6.45, 7) is 7.90. The fraction of sp³-hybridized carbons (Fsp3) is 0.294. The maximum Gasteiger partial charge on any atom is 0.262 e. The Morgan fingerprint density at radius 3 is 2.23 bits per heavy atom. The summed E-state index contributed by atoms with van der Waals surface area (Å²) < 4.78 is 33.6. The molecule has 0 saturated carbocycles. The lowest BCUT2D eigenvalue weighted by molar-refractivity contribution is 0.342. The lowest BCUT2D eigenvalue weighted by Gasteiger charge is -2.16. The van der Waals surface area contributed by atoms with E-state index in [9.17, 15) is 8.42 Å². The lowest BCUT2D eigenvalue weighted by Crippen LogP contribution is -2.16. The van der Waals surface area contributed by atoms with Crippen molar-refractivity contribution in [1.29, 1.82) is 0 Å². The zero-order chi connectivity index (χ0) is 16.3. The van der Waals surface area contributed by atoms with Crippen LogP contribution in [0.4, 0.5) is 5.69 Å². The fourth-order valence-corrected chi connectivity index (χ4v) is 4.14. The molecule has 0 heterocycles. The van der Waals surface area contributed by atoms with Gasteiger partial charge in [0.25, 0.3) is 10.0 Å². The van der Waals surface area contributed by atoms with Gasteiger partial charge in [-0.15, -0.1) is 0 Å². The van der Waals surface area contributed by atoms with Crippen molar-refractivity contribution >= 4 is 15.7 Å². The fourth-order valence-electron chi connectivity index (χ4n) is 2.62. The molecule has 2 rings (SSSR count). The normalized spacial score (nSPS) is 11.3. The first-order chi connectivity index (χ1) is 10.3. The molecule has 0 aliphatic carbocycles. The molecule has 0 aliphatic heterocycles. The minimum atomic E-state index is -3.66. The predicted molar refractivity (Wildman–Crippen MR) is 89.1 cm³/mol. The van der Waals surface area contributed by atoms with Crippen LogP contribution in [0.3, 0.4) is 0 Å². The van der Waals surface area contributed by atoms with Crippen molar-refractivity contribution in [3.05, 3.63) is 53.1 Å². The van der Waals surface area contributed by atoms with Crippen LogP contribution < -0.4 is 9.46 Å². The van der Waals surface area contributed by atoms with Crippen molar-refractivity contribution in [2.24, 2.45) is 0 Å². The van der Waals surface area contributed by atoms with Gasteiger partial charge in [0.05, 0.1) is 17.2 Å². The third-order valence-electron chi connectivity index (χ3n) is 3.30. The van der Waals surface area contributed by atoms with Crippen LogP contribution in [0.5, 0.6) is 5.75 Å². The predicted octanol–water partition coefficient (Wildman–Crippen LogP) is 3.81. The molecule has 0 atom stereocenters. The van der Waals surface area contributed by atoms with E-state index in [4.69, 9.17) is 4.74 Å². The minimum absolute atomic E-state index is 0.324. The Morgan fingerprint density at radius 1 is 1.05 bits per heavy atom. The number of hydrogen-bond acceptors (Lipinski definition) is 3. The molecule has 0 aliphatic rings. The summed E-state index contributed by atoms with van der Waals surface area (Å²) in [6.07, 6.45) is 0. The topological polar surface area (TPSA) is 55.4 Å². The zero-order valence-corrected chi connectivity index (χ0v) is 14.1. The van der Waals surface area contributed by atoms with Crippen LogP contribution in [0.1, 0.15) is 23.6 Å². The number of aryl methyl sites for hydroxylation is 3. The molecular weight excluding hydrogens is 298 g/mol. The van der Waals surface area contributed by atoms with Crippen molar-refractivity contribution in [2.75, 3.05) is 11.3 Å². The van der Waals surface area contributed by atoms with Gasteiger partial charge < -0.3 is 4.74 Å². The largest absolute Gasteiger partial charge is 0.492 e. The average Bonchev–Trinajstić information content (AvgIpc) is 2.39. The summed E-state index contributed by atoms with van der Waals surface area (Å²) in [4.78, 5) is 0.324. The Balaban J connectivity index is 2.45. The standard InChI is InChI=1S/C17H21NO3S/c1-5-21-16-9-7-6-8-15(16)18-22(19,20)17-13(3)10-12(2)11-14(17)4/h6-11,18H,5H2,1-4H3. The first kappa shape index (κ1) is 16.4. The number of anilines is 1. The summed E-state index contributed by atoms with van der Waals surface area (Å²) in [5.41, 5.74) is 2.96. The summed E-state index contributed by atoms with van der Waals surface area (Å²) >= 11 is 0. The zero-order valence-electron chi connectivity index (χ0n) is 13.3. The Morgan fingerprint density at radius 2 is 1.64 bits per heavy atom. The maximum atomic E-state index is 12.7. The molecule has 4 nitrogen and oxygen atoms in total. The van der Waals surface area contributed by atoms with Gasteiger partial charge >= 0.3 is 0 Å². The molecule has 22 heavy (non-hydrogen) atoms. The van der Waals surface area contributed by atoms with Gasteiger partial charge in [-0.2, -0.15) is 0 Å². The van der Waals surface area contributed by atoms with Gasteiger partial charge in [-0.25, -0.2) is 8.42 Å². The monoisotopic (exact) mass is 319 g/mol. The first-order valence-electron chi connectivity index (χ1n) is 7.17. The SMILES string of the molecule is CCOc1ccccc1NS(=O)(=O)c1c(C)cc(C)cc1C. The van der Waals surface area contributed by atoms with Gasteiger partial charge in [0.2, 0.25) is 0 Å². The smallest absolute Gasteiger partial charge is 0.262 e. The highest BCUT2D eigenvalue weighted by Gasteiger charge is 2.21. The van der Waals surface area contributed by atoms with Gasteiger partial charge in [0, 0.05) is 0 Å². The van der Waals surface area contributed by atoms with Crippen LogP contribution in [-0.4, -0.2) is 15.0 Å². The number of hydrogen-bond donors (Lipinski definition) is 1. The van der Waals surface area contributed by atoms with Crippen LogP contribution in [0.25, 0.3) is 0 Å². The molecule has 118 valence electrons. The van der Waals surface area contributed by atoms with E-state index in [1.807, 2.05) is 45.9 Å². The van der Waals surface area contributed by atoms with Gasteiger partial charge in [-0.1, -0.05) is 29.8 Å². The van der Waals surface area contributed by atoms with E-state index in [0.717, 1.165) is 16.7 Å². The van der Waals surface area contributed by atoms with Crippen molar-refractivity contribution in [3.8, 4) is 5.75 Å². The molecule has 0 amide bonds. The van der Waals surface area contributed by atoms with E-state index in [-0.39, 0.29) is 0 Å². The van der Waals surface area contributed by atoms with Crippen LogP contribution >= 0.6 is 0 Å². The molecule has 0 spiro atoms. The number of ether oxygens (including phenoxy) is 1. The van der Waals surface area contributed by atoms with E-state index in [1.54, 1.807) is 18.2 Å². The van der Waals surface area contributed by atoms with E-state index in [1.165, 1.54) is 0 Å². The van der Waals surface area contributed by atoms with Gasteiger partial charge in [0.1, 0.15) is 5.75 Å². The quantitative estimate of drug-likeness (QED) is 0.911. The molecular formula is C17H21NO3S. The second-order valence-corrected chi connectivity index (χ2v) is 6.88. The second kappa shape index (κ2) is 6.40. The van der Waals surface area contributed by atoms with E-state index in [0.29, 0.717) is 22.9 Å². The van der Waals surface area contributed by atoms with Crippen LogP contribution in [0, 0.1) is 20.8 Å². The summed E-state index contributed by atoms with van der Waals surface area (Å²) in [6, 6.07) is 10.8. The molecule has 1 N–H and O–H groups in total. The summed E-state index contributed by atoms with van der Waals surface area (Å²) in [5.74, 6) is 0.524. The highest BCUT2D eigenvalue weighted by molar-refractivity contribution is 7.92. The highest BCUT2D eigenvalue weighted by atomic mass is 32.2. The Kier molecular flexibility index (Phi) is 4.76. The van der Waals surface area contributed by atoms with Crippen molar-refractivity contribution in [3.63, 3.8) is 0 Å². The number of benzene rings is 2. The Labute approximate surface area is 132 Å². The van der Waals surface area contributed by atoms with Gasteiger partial charge in [0.15, 0.2) is 0 Å². The molecule has 0 saturated heterocycles. The van der Waals surface area contributed by atoms with E-state index in [2.05, 4.69) is 4.72 Å². The summed E-state index contributed by atoms with van der Waals surface area (Å²) in [5, 5.41) is 0. The molecule has 2 aromatic rings. The van der Waals surface area contributed by atoms with Crippen molar-refractivity contribution < 1.29 is 13.2 Å². The molecule has 0 fully saturated rings. The van der Waals surface area contributed by atoms with Gasteiger partial charge in [-0.05, 0) is 51.0 Å². The first-order valence-corrected chi connectivity index (χ1v) is 8.66. The van der Waals surface area contributed by atoms with E-state index >= 15 is 0 Å². The molecule has 5 heteroatoms. The number of nitrogens with one attached hydrogen (secondary N) is 1. The molecule has 0 bridgehead atoms. The third-order valence-corrected chi connectivity index (χ3v) is 4.97. The van der Waals surface area contributed by atoms with Crippen molar-refractivity contribution in [1.82, 2.24) is 0 Å². The maximum absolute atomic E-state index is 12.7. The lowest BCUT2D eigenvalue weighted by atomic mass is 10.1. The summed E-state index contributed by atoms with van der Waals surface area (Å²) in [7, 11) is -3.66. The van der Waals surface area contributed by atoms with Crippen LogP contribution in [0.2, 0.25) is 0 Å².